The fourth-order valence-electron chi connectivity index (χ4n) is 3.65. The summed E-state index contributed by atoms with van der Waals surface area (Å²) in [6, 6.07) is 9.26. The van der Waals surface area contributed by atoms with Crippen molar-refractivity contribution in [2.24, 2.45) is 5.73 Å². The Hall–Kier alpha value is -2.69. The largest absolute Gasteiger partial charge is 0.366 e. The molecule has 0 radical (unpaired) electrons. The minimum atomic E-state index is -3.52. The zero-order valence-corrected chi connectivity index (χ0v) is 17.9. The highest BCUT2D eigenvalue weighted by Gasteiger charge is 2.20. The molecule has 2 aromatic heterocycles. The van der Waals surface area contributed by atoms with E-state index < -0.39 is 10.0 Å². The Morgan fingerprint density at radius 2 is 1.93 bits per heavy atom. The first-order chi connectivity index (χ1) is 14.3. The molecule has 0 aliphatic heterocycles. The minimum Gasteiger partial charge on any atom is -0.366 e. The molecule has 4 rings (SSSR count). The first kappa shape index (κ1) is 20.6. The topological polar surface area (TPSA) is 118 Å². The van der Waals surface area contributed by atoms with Gasteiger partial charge < -0.3 is 16.4 Å². The van der Waals surface area contributed by atoms with Gasteiger partial charge in [-0.3, -0.25) is 0 Å². The predicted octanol–water partition coefficient (Wildman–Crippen LogP) is 2.41. The molecule has 0 spiro atoms. The number of nitrogens with two attached hydrogens (primary N) is 1. The molecule has 1 aromatic carbocycles. The van der Waals surface area contributed by atoms with Gasteiger partial charge in [-0.2, -0.15) is 0 Å². The van der Waals surface area contributed by atoms with Gasteiger partial charge in [0, 0.05) is 50.3 Å². The van der Waals surface area contributed by atoms with Crippen LogP contribution >= 0.6 is 0 Å². The van der Waals surface area contributed by atoms with Crippen LogP contribution in [0.2, 0.25) is 0 Å². The summed E-state index contributed by atoms with van der Waals surface area (Å²) >= 11 is 0. The molecule has 0 atom stereocenters. The van der Waals surface area contributed by atoms with Gasteiger partial charge >= 0.3 is 0 Å². The molecule has 1 saturated carbocycles. The maximum atomic E-state index is 12.5. The van der Waals surface area contributed by atoms with Gasteiger partial charge in [-0.1, -0.05) is 6.07 Å². The summed E-state index contributed by atoms with van der Waals surface area (Å²) in [7, 11) is -0.485. The van der Waals surface area contributed by atoms with E-state index >= 15 is 0 Å². The van der Waals surface area contributed by atoms with Crippen molar-refractivity contribution in [3.63, 3.8) is 0 Å². The van der Waals surface area contributed by atoms with Crippen LogP contribution in [0.4, 0.5) is 17.2 Å². The molecular weight excluding hydrogens is 402 g/mol. The second-order valence-corrected chi connectivity index (χ2v) is 9.99. The van der Waals surface area contributed by atoms with Crippen LogP contribution in [0, 0.1) is 0 Å². The van der Waals surface area contributed by atoms with Gasteiger partial charge in [-0.05, 0) is 43.9 Å². The second kappa shape index (κ2) is 8.21. The summed E-state index contributed by atoms with van der Waals surface area (Å²) < 4.78 is 27.8. The van der Waals surface area contributed by atoms with E-state index in [1.807, 2.05) is 12.1 Å². The van der Waals surface area contributed by atoms with Crippen LogP contribution in [-0.4, -0.2) is 53.5 Å². The molecule has 0 unspecified atom stereocenters. The smallest absolute Gasteiger partial charge is 0.242 e. The number of rotatable bonds is 6. The monoisotopic (exact) mass is 429 g/mol. The van der Waals surface area contributed by atoms with Gasteiger partial charge in [0.1, 0.15) is 5.82 Å². The molecule has 0 bridgehead atoms. The lowest BCUT2D eigenvalue weighted by atomic mass is 9.92. The third-order valence-corrected chi connectivity index (χ3v) is 7.19. The van der Waals surface area contributed by atoms with Crippen molar-refractivity contribution in [1.29, 1.82) is 0 Å². The highest BCUT2D eigenvalue weighted by molar-refractivity contribution is 7.89. The Morgan fingerprint density at radius 3 is 2.67 bits per heavy atom. The van der Waals surface area contributed by atoms with Crippen molar-refractivity contribution >= 4 is 32.9 Å². The lowest BCUT2D eigenvalue weighted by Crippen LogP contribution is -2.33. The molecule has 0 saturated heterocycles. The molecule has 9 nitrogen and oxygen atoms in total. The third-order valence-electron chi connectivity index (χ3n) is 5.37. The molecular formula is C20H27N7O2S. The van der Waals surface area contributed by atoms with E-state index in [1.54, 1.807) is 35.1 Å². The third kappa shape index (κ3) is 4.25. The summed E-state index contributed by atoms with van der Waals surface area (Å²) in [6.07, 6.45) is 7.50. The number of imidazole rings is 1. The van der Waals surface area contributed by atoms with Gasteiger partial charge in [0.05, 0.1) is 10.6 Å². The maximum absolute atomic E-state index is 12.5. The Bertz CT molecular complexity index is 1140. The number of nitrogens with one attached hydrogen (secondary N) is 2. The summed E-state index contributed by atoms with van der Waals surface area (Å²) in [5, 5.41) is 11.4. The summed E-state index contributed by atoms with van der Waals surface area (Å²) in [5.74, 6) is 0.737. The van der Waals surface area contributed by atoms with E-state index in [4.69, 9.17) is 5.73 Å². The molecule has 3 aromatic rings. The Balaban J connectivity index is 1.62. The first-order valence-corrected chi connectivity index (χ1v) is 11.4. The van der Waals surface area contributed by atoms with Crippen LogP contribution in [0.3, 0.4) is 0 Å². The molecule has 2 heterocycles. The Kier molecular flexibility index (Phi) is 5.63. The van der Waals surface area contributed by atoms with Crippen LogP contribution in [0.15, 0.2) is 47.6 Å². The van der Waals surface area contributed by atoms with E-state index in [-0.39, 0.29) is 10.9 Å². The summed E-state index contributed by atoms with van der Waals surface area (Å²) in [4.78, 5) is 4.60. The normalized spacial score (nSPS) is 19.9. The number of nitrogens with zero attached hydrogens (tertiary/aromatic N) is 4. The molecule has 1 aliphatic carbocycles. The Labute approximate surface area is 176 Å². The molecule has 4 N–H and O–H groups in total. The average Bonchev–Trinajstić information content (AvgIpc) is 3.19. The quantitative estimate of drug-likeness (QED) is 0.551. The van der Waals surface area contributed by atoms with Crippen LogP contribution in [-0.2, 0) is 10.0 Å². The number of anilines is 3. The number of hydrogen-bond acceptors (Lipinski definition) is 7. The Morgan fingerprint density at radius 1 is 1.17 bits per heavy atom. The lowest BCUT2D eigenvalue weighted by molar-refractivity contribution is 0.410. The van der Waals surface area contributed by atoms with Crippen molar-refractivity contribution in [2.75, 3.05) is 24.7 Å². The number of aromatic nitrogens is 3. The zero-order chi connectivity index (χ0) is 21.3. The van der Waals surface area contributed by atoms with Crippen molar-refractivity contribution < 1.29 is 8.42 Å². The van der Waals surface area contributed by atoms with Gasteiger partial charge in [0.2, 0.25) is 10.0 Å². The van der Waals surface area contributed by atoms with Crippen molar-refractivity contribution in [1.82, 2.24) is 18.9 Å². The molecule has 1 fully saturated rings. The SMILES string of the molecule is CN(C)S(=O)(=O)c1cccc(Nc2cc(NC3CCC(N)CC3)nn3ccnc23)c1. The highest BCUT2D eigenvalue weighted by Crippen LogP contribution is 2.27. The molecule has 30 heavy (non-hydrogen) atoms. The number of benzene rings is 1. The average molecular weight is 430 g/mol. The van der Waals surface area contributed by atoms with E-state index in [0.717, 1.165) is 37.2 Å². The van der Waals surface area contributed by atoms with E-state index in [0.29, 0.717) is 17.4 Å². The maximum Gasteiger partial charge on any atom is 0.242 e. The van der Waals surface area contributed by atoms with Crippen molar-refractivity contribution in [3.05, 3.63) is 42.7 Å². The first-order valence-electron chi connectivity index (χ1n) is 9.99. The molecule has 0 amide bonds. The standard InChI is InChI=1S/C20H27N7O2S/c1-26(2)30(28,29)17-5-3-4-16(12-17)23-18-13-19(25-27-11-10-22-20(18)27)24-15-8-6-14(21)7-9-15/h3-5,10-15,23H,6-9,21H2,1-2H3,(H,24,25). The van der Waals surface area contributed by atoms with Crippen molar-refractivity contribution in [3.8, 4) is 0 Å². The van der Waals surface area contributed by atoms with E-state index in [1.165, 1.54) is 18.4 Å². The fraction of sp³-hybridized carbons (Fsp3) is 0.400. The lowest BCUT2D eigenvalue weighted by Gasteiger charge is -2.27. The van der Waals surface area contributed by atoms with Gasteiger partial charge in [0.25, 0.3) is 0 Å². The van der Waals surface area contributed by atoms with Gasteiger partial charge in [0.15, 0.2) is 5.65 Å². The molecule has 10 heteroatoms. The van der Waals surface area contributed by atoms with E-state index in [2.05, 4.69) is 20.7 Å². The number of sulfonamides is 1. The fourth-order valence-corrected chi connectivity index (χ4v) is 4.60. The van der Waals surface area contributed by atoms with Gasteiger partial charge in [-0.15, -0.1) is 5.10 Å². The highest BCUT2D eigenvalue weighted by atomic mass is 32.2. The predicted molar refractivity (Wildman–Crippen MR) is 117 cm³/mol. The number of hydrogen-bond donors (Lipinski definition) is 3. The van der Waals surface area contributed by atoms with Crippen molar-refractivity contribution in [2.45, 2.75) is 42.7 Å². The van der Waals surface area contributed by atoms with Crippen LogP contribution in [0.1, 0.15) is 25.7 Å². The molecule has 160 valence electrons. The zero-order valence-electron chi connectivity index (χ0n) is 17.1. The van der Waals surface area contributed by atoms with Crippen LogP contribution in [0.5, 0.6) is 0 Å². The molecule has 1 aliphatic rings. The minimum absolute atomic E-state index is 0.225. The number of fused-ring (bicyclic) bond motifs is 1. The van der Waals surface area contributed by atoms with E-state index in [9.17, 15) is 8.42 Å². The summed E-state index contributed by atoms with van der Waals surface area (Å²) in [5.41, 5.74) is 8.07. The second-order valence-electron chi connectivity index (χ2n) is 7.83. The van der Waals surface area contributed by atoms with Crippen LogP contribution in [0.25, 0.3) is 5.65 Å². The van der Waals surface area contributed by atoms with Gasteiger partial charge in [-0.25, -0.2) is 22.2 Å². The van der Waals surface area contributed by atoms with Crippen LogP contribution < -0.4 is 16.4 Å². The summed E-state index contributed by atoms with van der Waals surface area (Å²) in [6.45, 7) is 0.